The second-order valence-electron chi connectivity index (χ2n) is 6.94. The maximum atomic E-state index is 13.3. The molecule has 2 heterocycles. The standard InChI is InChI=1S/C20H20FN5/c21-13-3-1-12(2-4-13)18(23)17(16-5-7-20(26-16)8-9-20)14-6-10-25-19(24)15(14)11-22/h1-4,6,10-11,22-23,26H,5,7-9H2,(H2,24,25)/b17-16-,22-11?,23-18?. The van der Waals surface area contributed by atoms with Crippen LogP contribution in [0.4, 0.5) is 10.2 Å². The van der Waals surface area contributed by atoms with E-state index in [9.17, 15) is 4.39 Å². The number of anilines is 1. The lowest BCUT2D eigenvalue weighted by Gasteiger charge is -2.18. The fourth-order valence-corrected chi connectivity index (χ4v) is 3.59. The van der Waals surface area contributed by atoms with Crippen molar-refractivity contribution in [1.82, 2.24) is 10.3 Å². The van der Waals surface area contributed by atoms with Gasteiger partial charge >= 0.3 is 0 Å². The Kier molecular flexibility index (Phi) is 3.83. The van der Waals surface area contributed by atoms with E-state index in [0.29, 0.717) is 28.0 Å². The molecule has 132 valence electrons. The predicted molar refractivity (Wildman–Crippen MR) is 101 cm³/mol. The van der Waals surface area contributed by atoms with Gasteiger partial charge in [-0.2, -0.15) is 0 Å². The number of hydrogen-bond acceptors (Lipinski definition) is 5. The van der Waals surface area contributed by atoms with Crippen molar-refractivity contribution < 1.29 is 4.39 Å². The van der Waals surface area contributed by atoms with Crippen LogP contribution in [-0.4, -0.2) is 22.4 Å². The average molecular weight is 349 g/mol. The number of allylic oxidation sites excluding steroid dienone is 2. The molecule has 1 aliphatic heterocycles. The van der Waals surface area contributed by atoms with E-state index in [1.54, 1.807) is 24.4 Å². The summed E-state index contributed by atoms with van der Waals surface area (Å²) in [5, 5.41) is 20.1. The Morgan fingerprint density at radius 1 is 1.19 bits per heavy atom. The van der Waals surface area contributed by atoms with Crippen LogP contribution >= 0.6 is 0 Å². The summed E-state index contributed by atoms with van der Waals surface area (Å²) in [5.74, 6) is -0.0679. The van der Waals surface area contributed by atoms with Crippen molar-refractivity contribution in [3.05, 3.63) is 64.7 Å². The van der Waals surface area contributed by atoms with Crippen LogP contribution in [0.25, 0.3) is 5.57 Å². The molecule has 1 saturated carbocycles. The Labute approximate surface area is 151 Å². The third kappa shape index (κ3) is 2.77. The van der Waals surface area contributed by atoms with Crippen molar-refractivity contribution in [1.29, 1.82) is 10.8 Å². The molecule has 2 aromatic rings. The largest absolute Gasteiger partial charge is 0.383 e. The second-order valence-corrected chi connectivity index (χ2v) is 6.94. The Bertz CT molecular complexity index is 926. The van der Waals surface area contributed by atoms with Gasteiger partial charge in [0.2, 0.25) is 0 Å². The minimum Gasteiger partial charge on any atom is -0.383 e. The summed E-state index contributed by atoms with van der Waals surface area (Å²) in [6.45, 7) is 0. The van der Waals surface area contributed by atoms with E-state index in [2.05, 4.69) is 10.3 Å². The molecule has 1 spiro atoms. The maximum absolute atomic E-state index is 13.3. The summed E-state index contributed by atoms with van der Waals surface area (Å²) >= 11 is 0. The Morgan fingerprint density at radius 2 is 1.92 bits per heavy atom. The van der Waals surface area contributed by atoms with Crippen molar-refractivity contribution in [2.45, 2.75) is 31.2 Å². The number of nitrogen functional groups attached to an aromatic ring is 1. The normalized spacial score (nSPS) is 19.1. The quantitative estimate of drug-likeness (QED) is 0.636. The van der Waals surface area contributed by atoms with E-state index < -0.39 is 0 Å². The molecular formula is C20H20FN5. The monoisotopic (exact) mass is 349 g/mol. The third-order valence-corrected chi connectivity index (χ3v) is 5.24. The van der Waals surface area contributed by atoms with Gasteiger partial charge in [-0.15, -0.1) is 0 Å². The lowest BCUT2D eigenvalue weighted by Crippen LogP contribution is -2.23. The Balaban J connectivity index is 1.87. The van der Waals surface area contributed by atoms with Crippen LogP contribution in [0.15, 0.2) is 42.2 Å². The number of benzene rings is 1. The highest BCUT2D eigenvalue weighted by atomic mass is 19.1. The smallest absolute Gasteiger partial charge is 0.132 e. The van der Waals surface area contributed by atoms with Crippen LogP contribution in [0, 0.1) is 16.6 Å². The van der Waals surface area contributed by atoms with Crippen LogP contribution < -0.4 is 11.1 Å². The lowest BCUT2D eigenvalue weighted by atomic mass is 9.91. The first-order valence-corrected chi connectivity index (χ1v) is 8.64. The molecule has 1 saturated heterocycles. The van der Waals surface area contributed by atoms with Gasteiger partial charge in [0.15, 0.2) is 0 Å². The van der Waals surface area contributed by atoms with E-state index in [-0.39, 0.29) is 17.2 Å². The molecule has 1 aromatic carbocycles. The molecule has 2 aliphatic rings. The molecule has 4 rings (SSSR count). The number of nitrogens with zero attached hydrogens (tertiary/aromatic N) is 1. The molecule has 26 heavy (non-hydrogen) atoms. The summed E-state index contributed by atoms with van der Waals surface area (Å²) in [4.78, 5) is 4.07. The number of nitrogens with two attached hydrogens (primary N) is 1. The number of aromatic nitrogens is 1. The summed E-state index contributed by atoms with van der Waals surface area (Å²) in [5.41, 5.74) is 9.97. The van der Waals surface area contributed by atoms with Gasteiger partial charge < -0.3 is 16.5 Å². The first-order valence-electron chi connectivity index (χ1n) is 8.64. The van der Waals surface area contributed by atoms with Crippen molar-refractivity contribution in [3.8, 4) is 0 Å². The van der Waals surface area contributed by atoms with E-state index >= 15 is 0 Å². The number of rotatable bonds is 4. The van der Waals surface area contributed by atoms with Crippen molar-refractivity contribution in [2.24, 2.45) is 0 Å². The number of halogens is 1. The van der Waals surface area contributed by atoms with Gasteiger partial charge in [-0.25, -0.2) is 9.37 Å². The molecule has 6 heteroatoms. The second kappa shape index (κ2) is 6.05. The summed E-state index contributed by atoms with van der Waals surface area (Å²) in [7, 11) is 0. The number of nitrogens with one attached hydrogen (secondary N) is 3. The summed E-state index contributed by atoms with van der Waals surface area (Å²) in [6.07, 6.45) is 6.95. The SMILES string of the molecule is N=Cc1c(/C(C(=N)c2ccc(F)cc2)=C2\CCC3(CC3)N2)ccnc1N. The molecule has 1 aromatic heterocycles. The summed E-state index contributed by atoms with van der Waals surface area (Å²) in [6, 6.07) is 7.71. The number of pyridine rings is 1. The van der Waals surface area contributed by atoms with Gasteiger partial charge in [-0.3, -0.25) is 5.41 Å². The fourth-order valence-electron chi connectivity index (χ4n) is 3.59. The minimum atomic E-state index is -0.333. The van der Waals surface area contributed by atoms with Crippen LogP contribution in [0.3, 0.4) is 0 Å². The lowest BCUT2D eigenvalue weighted by molar-refractivity contribution is 0.616. The van der Waals surface area contributed by atoms with Crippen LogP contribution in [-0.2, 0) is 0 Å². The van der Waals surface area contributed by atoms with E-state index in [4.69, 9.17) is 16.6 Å². The fraction of sp³-hybridized carbons (Fsp3) is 0.250. The van der Waals surface area contributed by atoms with Gasteiger partial charge in [-0.05, 0) is 61.6 Å². The van der Waals surface area contributed by atoms with E-state index in [1.165, 1.54) is 18.3 Å². The molecule has 0 amide bonds. The maximum Gasteiger partial charge on any atom is 0.132 e. The van der Waals surface area contributed by atoms with Gasteiger partial charge in [0, 0.05) is 40.3 Å². The van der Waals surface area contributed by atoms with Crippen LogP contribution in [0.5, 0.6) is 0 Å². The predicted octanol–water partition coefficient (Wildman–Crippen LogP) is 3.50. The third-order valence-electron chi connectivity index (χ3n) is 5.24. The topological polar surface area (TPSA) is 98.6 Å². The van der Waals surface area contributed by atoms with Crippen molar-refractivity contribution >= 4 is 23.3 Å². The Hall–Kier alpha value is -3.02. The van der Waals surface area contributed by atoms with Crippen LogP contribution in [0.1, 0.15) is 42.4 Å². The van der Waals surface area contributed by atoms with Gasteiger partial charge in [0.25, 0.3) is 0 Å². The van der Waals surface area contributed by atoms with Gasteiger partial charge in [0.1, 0.15) is 11.6 Å². The molecule has 5 nitrogen and oxygen atoms in total. The van der Waals surface area contributed by atoms with Crippen molar-refractivity contribution in [3.63, 3.8) is 0 Å². The van der Waals surface area contributed by atoms with E-state index in [0.717, 1.165) is 31.4 Å². The average Bonchev–Trinajstić information content (AvgIpc) is 3.27. The Morgan fingerprint density at radius 3 is 2.54 bits per heavy atom. The summed E-state index contributed by atoms with van der Waals surface area (Å²) < 4.78 is 13.3. The molecule has 0 radical (unpaired) electrons. The molecule has 0 bridgehead atoms. The zero-order valence-electron chi connectivity index (χ0n) is 14.3. The highest BCUT2D eigenvalue weighted by molar-refractivity contribution is 6.32. The molecule has 0 atom stereocenters. The van der Waals surface area contributed by atoms with E-state index in [1.807, 2.05) is 0 Å². The van der Waals surface area contributed by atoms with Crippen LogP contribution in [0.2, 0.25) is 0 Å². The highest BCUT2D eigenvalue weighted by Gasteiger charge is 2.47. The number of hydrogen-bond donors (Lipinski definition) is 4. The first kappa shape index (κ1) is 16.4. The molecule has 2 fully saturated rings. The molecular weight excluding hydrogens is 329 g/mol. The molecule has 1 aliphatic carbocycles. The van der Waals surface area contributed by atoms with Crippen molar-refractivity contribution in [2.75, 3.05) is 5.73 Å². The zero-order valence-corrected chi connectivity index (χ0v) is 14.3. The molecule has 5 N–H and O–H groups in total. The zero-order chi connectivity index (χ0) is 18.3. The van der Waals surface area contributed by atoms with Gasteiger partial charge in [-0.1, -0.05) is 0 Å². The highest BCUT2D eigenvalue weighted by Crippen LogP contribution is 2.47. The minimum absolute atomic E-state index is 0.174. The molecule has 0 unspecified atom stereocenters. The first-order chi connectivity index (χ1) is 12.5. The van der Waals surface area contributed by atoms with Gasteiger partial charge in [0.05, 0.1) is 5.71 Å².